The zero-order valence-electron chi connectivity index (χ0n) is 36.1. The van der Waals surface area contributed by atoms with Crippen molar-refractivity contribution in [3.8, 4) is 0 Å². The first kappa shape index (κ1) is 55.2. The number of rotatable bonds is 41. The van der Waals surface area contributed by atoms with Crippen molar-refractivity contribution in [3.63, 3.8) is 0 Å². The quantitative estimate of drug-likeness (QED) is 0.0231. The lowest BCUT2D eigenvalue weighted by atomic mass is 10.0. The number of unbranched alkanes of at least 4 members (excludes halogenated alkanes) is 17. The molecule has 0 aromatic rings. The monoisotopic (exact) mass is 838 g/mol. The Balaban J connectivity index is 4.47. The number of carboxylic acids is 1. The lowest BCUT2D eigenvalue weighted by Crippen LogP contribution is -2.34. The fourth-order valence-electron chi connectivity index (χ4n) is 5.75. The van der Waals surface area contributed by atoms with E-state index in [4.69, 9.17) is 24.8 Å². The van der Waals surface area contributed by atoms with E-state index in [2.05, 4.69) is 67.0 Å². The molecule has 0 rings (SSSR count). The second kappa shape index (κ2) is 40.9. The largest absolute Gasteiger partial charge is 0.480 e. The van der Waals surface area contributed by atoms with Crippen LogP contribution < -0.4 is 5.73 Å². The summed E-state index contributed by atoms with van der Waals surface area (Å²) >= 11 is 0. The first-order valence-corrected chi connectivity index (χ1v) is 23.8. The van der Waals surface area contributed by atoms with Crippen molar-refractivity contribution in [3.05, 3.63) is 60.8 Å². The summed E-state index contributed by atoms with van der Waals surface area (Å²) in [5.74, 6) is -2.48. The predicted octanol–water partition coefficient (Wildman–Crippen LogP) is 12.0. The van der Waals surface area contributed by atoms with Crippen molar-refractivity contribution in [1.82, 2.24) is 0 Å². The van der Waals surface area contributed by atoms with Gasteiger partial charge in [-0.15, -0.1) is 0 Å². The van der Waals surface area contributed by atoms with Crippen molar-refractivity contribution >= 4 is 25.7 Å². The first-order chi connectivity index (χ1) is 28.1. The molecule has 0 saturated carbocycles. The molecule has 0 amide bonds. The first-order valence-electron chi connectivity index (χ1n) is 22.3. The highest BCUT2D eigenvalue weighted by Gasteiger charge is 2.28. The normalized spacial score (nSPS) is 14.3. The molecule has 0 aliphatic carbocycles. The Morgan fingerprint density at radius 1 is 0.534 bits per heavy atom. The lowest BCUT2D eigenvalue weighted by Gasteiger charge is -2.20. The number of esters is 2. The molecule has 3 atom stereocenters. The van der Waals surface area contributed by atoms with Crippen molar-refractivity contribution in [1.29, 1.82) is 0 Å². The third-order valence-electron chi connectivity index (χ3n) is 9.28. The summed E-state index contributed by atoms with van der Waals surface area (Å²) in [7, 11) is -4.73. The Morgan fingerprint density at radius 2 is 0.948 bits per heavy atom. The van der Waals surface area contributed by atoms with Gasteiger partial charge in [0.1, 0.15) is 12.6 Å². The SMILES string of the molecule is CCCCC/C=C\C/C=C\C/C=C\C/C=C\C/C=C\CCC(=O)OC[C@H](COP(=O)(O)OC[C@H](N)C(=O)O)OC(=O)CCCCCCCCCCCCCCCCC. The zero-order valence-corrected chi connectivity index (χ0v) is 37.0. The molecule has 0 aliphatic rings. The van der Waals surface area contributed by atoms with Gasteiger partial charge in [-0.3, -0.25) is 23.4 Å². The Kier molecular flexibility index (Phi) is 38.9. The Morgan fingerprint density at radius 3 is 1.43 bits per heavy atom. The maximum atomic E-state index is 12.6. The van der Waals surface area contributed by atoms with Crippen molar-refractivity contribution in [2.75, 3.05) is 19.8 Å². The topological polar surface area (TPSA) is 172 Å². The van der Waals surface area contributed by atoms with Gasteiger partial charge in [0.2, 0.25) is 0 Å². The van der Waals surface area contributed by atoms with E-state index in [0.29, 0.717) is 12.8 Å². The Hall–Kier alpha value is -2.82. The number of phosphoric ester groups is 1. The zero-order chi connectivity index (χ0) is 42.8. The van der Waals surface area contributed by atoms with Crippen LogP contribution >= 0.6 is 7.82 Å². The molecule has 0 fully saturated rings. The second-order valence-electron chi connectivity index (χ2n) is 14.8. The molecule has 0 aliphatic heterocycles. The minimum absolute atomic E-state index is 0.0977. The maximum Gasteiger partial charge on any atom is 0.472 e. The van der Waals surface area contributed by atoms with Crippen LogP contribution in [-0.2, 0) is 37.5 Å². The highest BCUT2D eigenvalue weighted by Crippen LogP contribution is 2.43. The number of phosphoric acid groups is 1. The van der Waals surface area contributed by atoms with E-state index in [-0.39, 0.29) is 19.4 Å². The number of carbonyl (C=O) groups excluding carboxylic acids is 2. The fraction of sp³-hybridized carbons (Fsp3) is 0.717. The van der Waals surface area contributed by atoms with Crippen LogP contribution in [0.1, 0.15) is 181 Å². The summed E-state index contributed by atoms with van der Waals surface area (Å²) in [6.07, 6.45) is 47.2. The van der Waals surface area contributed by atoms with Crippen LogP contribution in [0.4, 0.5) is 0 Å². The molecule has 334 valence electrons. The molecule has 0 aromatic carbocycles. The van der Waals surface area contributed by atoms with E-state index < -0.39 is 51.1 Å². The summed E-state index contributed by atoms with van der Waals surface area (Å²) in [4.78, 5) is 45.9. The minimum atomic E-state index is -4.73. The highest BCUT2D eigenvalue weighted by atomic mass is 31.2. The van der Waals surface area contributed by atoms with Crippen molar-refractivity contribution < 1.29 is 47.5 Å². The smallest absolute Gasteiger partial charge is 0.472 e. The molecule has 1 unspecified atom stereocenters. The van der Waals surface area contributed by atoms with E-state index in [9.17, 15) is 23.8 Å². The maximum absolute atomic E-state index is 12.6. The van der Waals surface area contributed by atoms with Crippen LogP contribution in [0.2, 0.25) is 0 Å². The third kappa shape index (κ3) is 40.0. The Labute approximate surface area is 351 Å². The van der Waals surface area contributed by atoms with Crippen LogP contribution in [0.5, 0.6) is 0 Å². The standard InChI is InChI=1S/C46H80NO10P/c1-3-5-7-9-11-13-15-17-19-20-21-22-24-25-27-29-31-33-35-37-44(48)54-39-42(40-55-58(52,53)56-41-43(47)46(50)51)57-45(49)38-36-34-32-30-28-26-23-18-16-14-12-10-8-6-4-2/h11,13,17,19,21-22,25,27,31,33,42-43H,3-10,12,14-16,18,20,23-24,26,28-30,32,34-41,47H2,1-2H3,(H,50,51)(H,52,53)/b13-11-,19-17-,22-21-,27-25-,33-31-/t42-,43+/m1/s1. The van der Waals surface area contributed by atoms with Gasteiger partial charge < -0.3 is 25.2 Å². The summed E-state index contributed by atoms with van der Waals surface area (Å²) in [6.45, 7) is 2.70. The molecule has 0 heterocycles. The number of carbonyl (C=O) groups is 3. The summed E-state index contributed by atoms with van der Waals surface area (Å²) in [6, 6.07) is -1.53. The number of hydrogen-bond acceptors (Lipinski definition) is 9. The van der Waals surface area contributed by atoms with Crippen LogP contribution in [0.25, 0.3) is 0 Å². The van der Waals surface area contributed by atoms with Crippen LogP contribution in [0.15, 0.2) is 60.8 Å². The molecule has 0 spiro atoms. The van der Waals surface area contributed by atoms with Gasteiger partial charge in [-0.25, -0.2) is 4.57 Å². The molecular formula is C46H80NO10P. The van der Waals surface area contributed by atoms with Gasteiger partial charge in [0.05, 0.1) is 13.2 Å². The van der Waals surface area contributed by atoms with Crippen molar-refractivity contribution in [2.45, 2.75) is 193 Å². The predicted molar refractivity (Wildman–Crippen MR) is 235 cm³/mol. The molecule has 11 nitrogen and oxygen atoms in total. The third-order valence-corrected chi connectivity index (χ3v) is 10.2. The van der Waals surface area contributed by atoms with E-state index in [1.807, 2.05) is 12.2 Å². The van der Waals surface area contributed by atoms with Gasteiger partial charge in [0, 0.05) is 12.8 Å². The lowest BCUT2D eigenvalue weighted by molar-refractivity contribution is -0.161. The van der Waals surface area contributed by atoms with Crippen molar-refractivity contribution in [2.24, 2.45) is 5.73 Å². The molecule has 0 radical (unpaired) electrons. The summed E-state index contributed by atoms with van der Waals surface area (Å²) < 4.78 is 32.6. The summed E-state index contributed by atoms with van der Waals surface area (Å²) in [5.41, 5.74) is 5.33. The average Bonchev–Trinajstić information content (AvgIpc) is 3.20. The number of nitrogens with two attached hydrogens (primary N) is 1. The van der Waals surface area contributed by atoms with E-state index >= 15 is 0 Å². The van der Waals surface area contributed by atoms with Crippen LogP contribution in [0, 0.1) is 0 Å². The van der Waals surface area contributed by atoms with Gasteiger partial charge in [-0.2, -0.15) is 0 Å². The average molecular weight is 838 g/mol. The molecule has 0 bridgehead atoms. The van der Waals surface area contributed by atoms with Gasteiger partial charge in [0.25, 0.3) is 0 Å². The van der Waals surface area contributed by atoms with E-state index in [1.54, 1.807) is 0 Å². The molecule has 0 aromatic heterocycles. The van der Waals surface area contributed by atoms with Gasteiger partial charge >= 0.3 is 25.7 Å². The number of carboxylic acid groups (broad SMARTS) is 1. The number of allylic oxidation sites excluding steroid dienone is 10. The number of hydrogen-bond donors (Lipinski definition) is 3. The summed E-state index contributed by atoms with van der Waals surface area (Å²) in [5, 5.41) is 8.89. The van der Waals surface area contributed by atoms with Gasteiger partial charge in [-0.05, 0) is 51.4 Å². The van der Waals surface area contributed by atoms with Crippen LogP contribution in [0.3, 0.4) is 0 Å². The minimum Gasteiger partial charge on any atom is -0.480 e. The molecule has 12 heteroatoms. The van der Waals surface area contributed by atoms with E-state index in [1.165, 1.54) is 96.3 Å². The molecule has 58 heavy (non-hydrogen) atoms. The highest BCUT2D eigenvalue weighted by molar-refractivity contribution is 7.47. The fourth-order valence-corrected chi connectivity index (χ4v) is 6.53. The van der Waals surface area contributed by atoms with Crippen LogP contribution in [-0.4, -0.2) is 59.9 Å². The number of aliphatic carboxylic acids is 1. The van der Waals surface area contributed by atoms with Gasteiger partial charge in [-0.1, -0.05) is 177 Å². The number of ether oxygens (including phenoxy) is 2. The van der Waals surface area contributed by atoms with Gasteiger partial charge in [0.15, 0.2) is 6.10 Å². The molecule has 4 N–H and O–H groups in total. The second-order valence-corrected chi connectivity index (χ2v) is 16.3. The van der Waals surface area contributed by atoms with E-state index in [0.717, 1.165) is 44.9 Å². The molecular weight excluding hydrogens is 757 g/mol. The Bertz CT molecular complexity index is 1210. The molecule has 0 saturated heterocycles.